The number of carbonyl (C=O) groups excluding carboxylic acids is 2. The van der Waals surface area contributed by atoms with Gasteiger partial charge < -0.3 is 9.15 Å². The maximum Gasteiger partial charge on any atom is 0.254 e. The number of hydrogen-bond acceptors (Lipinski definition) is 9. The fourth-order valence-corrected chi connectivity index (χ4v) is 1.79. The molecule has 1 fully saturated rings. The number of nitriles is 2. The lowest BCUT2D eigenvalue weighted by molar-refractivity contribution is -0.120. The fraction of sp³-hybridized carbons (Fsp3) is 0.214. The minimum Gasteiger partial charge on any atom is -0.465 e. The average molecular weight is 341 g/mol. The predicted octanol–water partition coefficient (Wildman–Crippen LogP) is 0.0999. The van der Waals surface area contributed by atoms with Crippen LogP contribution in [0, 0.1) is 28.1 Å². The molecule has 11 heteroatoms. The lowest BCUT2D eigenvalue weighted by atomic mass is 10.1. The van der Waals surface area contributed by atoms with Crippen molar-refractivity contribution in [2.45, 2.75) is 18.9 Å². The van der Waals surface area contributed by atoms with Crippen molar-refractivity contribution in [3.8, 4) is 12.1 Å². The first-order chi connectivity index (χ1) is 12.1. The Bertz CT molecular complexity index is 826. The van der Waals surface area contributed by atoms with Crippen LogP contribution < -0.4 is 10.9 Å². The number of ether oxygens (including phenoxy) is 1. The summed E-state index contributed by atoms with van der Waals surface area (Å²) in [6.07, 6.45) is -0.404. The fourth-order valence-electron chi connectivity index (χ4n) is 1.79. The first-order valence-corrected chi connectivity index (χ1v) is 6.83. The molecule has 0 aliphatic carbocycles. The van der Waals surface area contributed by atoms with Gasteiger partial charge in [-0.15, -0.1) is 0 Å². The van der Waals surface area contributed by atoms with Gasteiger partial charge in [0.1, 0.15) is 18.6 Å². The van der Waals surface area contributed by atoms with Gasteiger partial charge in [0.05, 0.1) is 18.4 Å². The Morgan fingerprint density at radius 1 is 1.20 bits per heavy atom. The van der Waals surface area contributed by atoms with Gasteiger partial charge >= 0.3 is 0 Å². The zero-order valence-corrected chi connectivity index (χ0v) is 12.6. The van der Waals surface area contributed by atoms with Gasteiger partial charge in [0.15, 0.2) is 11.5 Å². The standard InChI is InChI=1S/C14H11N7O4/c15-5-3-9(22)18-20-11-12(21-19-10(23)4-6-16)14(17)25-13(11)8-2-1-7-24-8/h1-2,7,13,17H,3-4H2,(H,18,22)(H,19,23)/b17-14?,20-11+,21-12+/t13-/m0/s1. The topological polar surface area (TPSA) is 177 Å². The second-order valence-corrected chi connectivity index (χ2v) is 4.54. The summed E-state index contributed by atoms with van der Waals surface area (Å²) >= 11 is 0. The molecular formula is C14H11N7O4. The molecule has 1 aromatic rings. The van der Waals surface area contributed by atoms with Crippen molar-refractivity contribution in [3.63, 3.8) is 0 Å². The maximum absolute atomic E-state index is 11.4. The van der Waals surface area contributed by atoms with Crippen LogP contribution in [0.2, 0.25) is 0 Å². The molecule has 1 aliphatic heterocycles. The molecule has 1 aliphatic rings. The molecule has 1 saturated heterocycles. The van der Waals surface area contributed by atoms with Gasteiger partial charge in [0, 0.05) is 0 Å². The summed E-state index contributed by atoms with van der Waals surface area (Å²) in [5.41, 5.74) is 4.09. The lowest BCUT2D eigenvalue weighted by Gasteiger charge is -2.06. The van der Waals surface area contributed by atoms with Crippen LogP contribution in [0.5, 0.6) is 0 Å². The Morgan fingerprint density at radius 3 is 2.40 bits per heavy atom. The third-order valence-corrected chi connectivity index (χ3v) is 2.82. The van der Waals surface area contributed by atoms with Crippen LogP contribution in [0.15, 0.2) is 33.0 Å². The monoisotopic (exact) mass is 341 g/mol. The number of rotatable bonds is 5. The lowest BCUT2D eigenvalue weighted by Crippen LogP contribution is -2.27. The quantitative estimate of drug-likeness (QED) is 0.639. The van der Waals surface area contributed by atoms with Crippen molar-refractivity contribution < 1.29 is 18.7 Å². The predicted molar refractivity (Wildman–Crippen MR) is 81.9 cm³/mol. The van der Waals surface area contributed by atoms with Crippen molar-refractivity contribution >= 4 is 29.1 Å². The highest BCUT2D eigenvalue weighted by Crippen LogP contribution is 2.26. The molecule has 11 nitrogen and oxygen atoms in total. The van der Waals surface area contributed by atoms with Crippen LogP contribution in [0.25, 0.3) is 0 Å². The smallest absolute Gasteiger partial charge is 0.254 e. The molecule has 0 aromatic carbocycles. The van der Waals surface area contributed by atoms with E-state index in [1.54, 1.807) is 24.3 Å². The zero-order chi connectivity index (χ0) is 18.2. The van der Waals surface area contributed by atoms with Crippen molar-refractivity contribution in [2.75, 3.05) is 0 Å². The molecule has 25 heavy (non-hydrogen) atoms. The van der Waals surface area contributed by atoms with E-state index in [9.17, 15) is 9.59 Å². The van der Waals surface area contributed by atoms with Crippen molar-refractivity contribution in [3.05, 3.63) is 24.2 Å². The van der Waals surface area contributed by atoms with Gasteiger partial charge in [-0.3, -0.25) is 15.0 Å². The normalized spacial score (nSPS) is 19.1. The minimum absolute atomic E-state index is 0.00324. The van der Waals surface area contributed by atoms with E-state index in [4.69, 9.17) is 25.1 Å². The summed E-state index contributed by atoms with van der Waals surface area (Å²) in [5.74, 6) is -1.46. The Kier molecular flexibility index (Phi) is 5.58. The number of hydrogen-bond donors (Lipinski definition) is 3. The Labute approximate surface area is 141 Å². The summed E-state index contributed by atoms with van der Waals surface area (Å²) in [6.45, 7) is 0. The van der Waals surface area contributed by atoms with Crippen LogP contribution >= 0.6 is 0 Å². The SMILES string of the molecule is N#CCC(=O)N/N=C1/C(=N)O[C@@H](c2ccco2)/C1=N/NC(=O)CC#N. The van der Waals surface area contributed by atoms with Crippen LogP contribution in [0.4, 0.5) is 0 Å². The molecular weight excluding hydrogens is 330 g/mol. The van der Waals surface area contributed by atoms with E-state index in [0.29, 0.717) is 5.76 Å². The number of carbonyl (C=O) groups is 2. The third kappa shape index (κ3) is 4.27. The summed E-state index contributed by atoms with van der Waals surface area (Å²) < 4.78 is 10.5. The van der Waals surface area contributed by atoms with Crippen LogP contribution in [0.1, 0.15) is 24.7 Å². The molecule has 2 heterocycles. The molecule has 0 bridgehead atoms. The van der Waals surface area contributed by atoms with Crippen LogP contribution in [0.3, 0.4) is 0 Å². The number of nitrogens with one attached hydrogen (secondary N) is 3. The highest BCUT2D eigenvalue weighted by atomic mass is 16.5. The van der Waals surface area contributed by atoms with Crippen molar-refractivity contribution in [2.24, 2.45) is 10.2 Å². The molecule has 0 spiro atoms. The summed E-state index contributed by atoms with van der Waals surface area (Å²) in [4.78, 5) is 22.8. The molecule has 0 radical (unpaired) electrons. The molecule has 2 rings (SSSR count). The number of amides is 2. The van der Waals surface area contributed by atoms with Gasteiger partial charge in [0.25, 0.3) is 11.8 Å². The Morgan fingerprint density at radius 2 is 1.84 bits per heavy atom. The maximum atomic E-state index is 11.4. The van der Waals surface area contributed by atoms with E-state index in [1.165, 1.54) is 6.26 Å². The van der Waals surface area contributed by atoms with E-state index in [-0.39, 0.29) is 11.4 Å². The van der Waals surface area contributed by atoms with E-state index < -0.39 is 36.7 Å². The highest BCUT2D eigenvalue weighted by Gasteiger charge is 2.39. The van der Waals surface area contributed by atoms with Gasteiger partial charge in [-0.25, -0.2) is 10.9 Å². The number of nitrogens with zero attached hydrogens (tertiary/aromatic N) is 4. The Hall–Kier alpha value is -3.99. The van der Waals surface area contributed by atoms with E-state index >= 15 is 0 Å². The summed E-state index contributed by atoms with van der Waals surface area (Å²) in [5, 5.41) is 32.3. The highest BCUT2D eigenvalue weighted by molar-refractivity contribution is 6.69. The molecule has 1 atom stereocenters. The van der Waals surface area contributed by atoms with Crippen LogP contribution in [-0.2, 0) is 14.3 Å². The van der Waals surface area contributed by atoms with Crippen LogP contribution in [-0.4, -0.2) is 29.1 Å². The largest absolute Gasteiger partial charge is 0.465 e. The zero-order valence-electron chi connectivity index (χ0n) is 12.6. The summed E-state index contributed by atoms with van der Waals surface area (Å²) in [7, 11) is 0. The summed E-state index contributed by atoms with van der Waals surface area (Å²) in [6, 6.07) is 6.48. The minimum atomic E-state index is -0.962. The first-order valence-electron chi connectivity index (χ1n) is 6.83. The van der Waals surface area contributed by atoms with Gasteiger partial charge in [-0.05, 0) is 12.1 Å². The van der Waals surface area contributed by atoms with Crippen molar-refractivity contribution in [1.29, 1.82) is 15.9 Å². The van der Waals surface area contributed by atoms with E-state index in [1.807, 2.05) is 0 Å². The van der Waals surface area contributed by atoms with Gasteiger partial charge in [-0.2, -0.15) is 20.7 Å². The van der Waals surface area contributed by atoms with Gasteiger partial charge in [-0.1, -0.05) is 0 Å². The molecule has 3 N–H and O–H groups in total. The number of furan rings is 1. The molecule has 126 valence electrons. The third-order valence-electron chi connectivity index (χ3n) is 2.82. The molecule has 0 unspecified atom stereocenters. The van der Waals surface area contributed by atoms with E-state index in [0.717, 1.165) is 0 Å². The second-order valence-electron chi connectivity index (χ2n) is 4.54. The molecule has 1 aromatic heterocycles. The molecule has 0 saturated carbocycles. The van der Waals surface area contributed by atoms with E-state index in [2.05, 4.69) is 21.1 Å². The second kappa shape index (κ2) is 8.03. The average Bonchev–Trinajstić information content (AvgIpc) is 3.19. The van der Waals surface area contributed by atoms with Crippen molar-refractivity contribution in [1.82, 2.24) is 10.9 Å². The first kappa shape index (κ1) is 17.4. The number of hydrazone groups is 2. The Balaban J connectivity index is 2.30. The molecule has 2 amide bonds. The van der Waals surface area contributed by atoms with Gasteiger partial charge in [0.2, 0.25) is 12.0 Å².